The van der Waals surface area contributed by atoms with E-state index in [0.29, 0.717) is 12.8 Å². The van der Waals surface area contributed by atoms with Gasteiger partial charge in [-0.2, -0.15) is 0 Å². The van der Waals surface area contributed by atoms with Crippen molar-refractivity contribution < 1.29 is 47.5 Å². The summed E-state index contributed by atoms with van der Waals surface area (Å²) in [7, 11) is -4.74. The molecule has 0 rings (SSSR count). The summed E-state index contributed by atoms with van der Waals surface area (Å²) in [6, 6.07) is -1.54. The average Bonchev–Trinajstić information content (AvgIpc) is 3.27. The number of unbranched alkanes of at least 4 members (excludes halogenated alkanes) is 20. The first-order chi connectivity index (χ1) is 31.1. The van der Waals surface area contributed by atoms with Crippen molar-refractivity contribution >= 4 is 25.7 Å². The van der Waals surface area contributed by atoms with Crippen LogP contribution in [0, 0.1) is 0 Å². The molecular weight excluding hydrogens is 830 g/mol. The van der Waals surface area contributed by atoms with Crippen LogP contribution in [0.5, 0.6) is 0 Å². The molecule has 64 heavy (non-hydrogen) atoms. The number of carboxylic acids is 1. The SMILES string of the molecule is CCCCC/C=C\C/C=C\C/C=C\C/C=C\C/C=C\CCC(=O)O[C@H](COC(=O)CCCCCCCCCCCCC/C=C\CCCCCCCC)COP(=O)(O)OC[C@H](N)C(=O)O. The van der Waals surface area contributed by atoms with Crippen molar-refractivity contribution in [3.05, 3.63) is 72.9 Å². The number of hydrogen-bond donors (Lipinski definition) is 3. The molecule has 0 fully saturated rings. The van der Waals surface area contributed by atoms with Crippen molar-refractivity contribution in [3.8, 4) is 0 Å². The highest BCUT2D eigenvalue weighted by Crippen LogP contribution is 2.43. The van der Waals surface area contributed by atoms with Gasteiger partial charge in [0.1, 0.15) is 12.6 Å². The molecule has 0 aromatic heterocycles. The summed E-state index contributed by atoms with van der Waals surface area (Å²) >= 11 is 0. The number of phosphoric acid groups is 1. The topological polar surface area (TPSA) is 172 Å². The first-order valence-corrected chi connectivity index (χ1v) is 26.5. The van der Waals surface area contributed by atoms with Gasteiger partial charge in [0, 0.05) is 12.8 Å². The first kappa shape index (κ1) is 60.9. The monoisotopic (exact) mass is 920 g/mol. The number of carbonyl (C=O) groups is 3. The lowest BCUT2D eigenvalue weighted by Gasteiger charge is -2.20. The fourth-order valence-corrected chi connectivity index (χ4v) is 7.29. The van der Waals surface area contributed by atoms with Crippen LogP contribution in [0.15, 0.2) is 72.9 Å². The molecule has 12 heteroatoms. The van der Waals surface area contributed by atoms with Gasteiger partial charge < -0.3 is 25.2 Å². The molecule has 0 saturated heterocycles. The van der Waals surface area contributed by atoms with Gasteiger partial charge in [-0.15, -0.1) is 0 Å². The van der Waals surface area contributed by atoms with E-state index in [1.54, 1.807) is 0 Å². The highest BCUT2D eigenvalue weighted by atomic mass is 31.2. The second-order valence-electron chi connectivity index (χ2n) is 16.6. The standard InChI is InChI=1S/C52H90NO10P/c1-3-5-7-9-11-13-15-17-19-21-23-24-26-27-29-31-33-35-37-39-41-43-50(54)60-45-48(46-61-64(58,59)62-47-49(53)52(56)57)63-51(55)44-42-40-38-36-34-32-30-28-25-22-20-18-16-14-12-10-8-6-4-2/h12,14,17-20,25,28,32,34,38,40,48-49H,3-11,13,15-16,21-24,26-27,29-31,33,35-37,39,41-47,53H2,1-2H3,(H,56,57)(H,58,59)/b14-12-,19-17-,20-18-,28-25-,34-32-,40-38-/t48-,49+/m1/s1. The molecule has 0 aliphatic rings. The molecule has 0 bridgehead atoms. The predicted octanol–water partition coefficient (Wildman–Crippen LogP) is 14.1. The van der Waals surface area contributed by atoms with E-state index < -0.39 is 51.1 Å². The number of esters is 2. The van der Waals surface area contributed by atoms with Crippen LogP contribution in [0.25, 0.3) is 0 Å². The fourth-order valence-electron chi connectivity index (χ4n) is 6.51. The van der Waals surface area contributed by atoms with E-state index in [-0.39, 0.29) is 19.4 Å². The van der Waals surface area contributed by atoms with E-state index in [4.69, 9.17) is 24.8 Å². The Morgan fingerprint density at radius 2 is 0.859 bits per heavy atom. The van der Waals surface area contributed by atoms with Gasteiger partial charge in [-0.05, 0) is 77.0 Å². The smallest absolute Gasteiger partial charge is 0.472 e. The third-order valence-electron chi connectivity index (χ3n) is 10.4. The van der Waals surface area contributed by atoms with Crippen molar-refractivity contribution in [2.75, 3.05) is 19.8 Å². The Morgan fingerprint density at radius 3 is 1.34 bits per heavy atom. The lowest BCUT2D eigenvalue weighted by Crippen LogP contribution is -2.34. The number of hydrogen-bond acceptors (Lipinski definition) is 9. The van der Waals surface area contributed by atoms with Crippen LogP contribution in [0.4, 0.5) is 0 Å². The molecule has 0 saturated carbocycles. The summed E-state index contributed by atoms with van der Waals surface area (Å²) < 4.78 is 32.7. The highest BCUT2D eigenvalue weighted by Gasteiger charge is 2.28. The van der Waals surface area contributed by atoms with E-state index in [0.717, 1.165) is 51.4 Å². The number of aliphatic carboxylic acids is 1. The number of rotatable bonds is 46. The summed E-state index contributed by atoms with van der Waals surface area (Å²) in [5.41, 5.74) is 5.34. The van der Waals surface area contributed by atoms with E-state index in [1.807, 2.05) is 12.2 Å². The minimum absolute atomic E-state index is 0.0353. The molecule has 0 aromatic carbocycles. The van der Waals surface area contributed by atoms with Crippen molar-refractivity contribution in [1.29, 1.82) is 0 Å². The third-order valence-corrected chi connectivity index (χ3v) is 11.4. The second-order valence-corrected chi connectivity index (χ2v) is 18.0. The normalized spacial score (nSPS) is 14.2. The van der Waals surface area contributed by atoms with Gasteiger partial charge in [0.05, 0.1) is 13.2 Å². The molecule has 0 aliphatic heterocycles. The molecule has 3 atom stereocenters. The van der Waals surface area contributed by atoms with E-state index >= 15 is 0 Å². The van der Waals surface area contributed by atoms with Gasteiger partial charge in [-0.25, -0.2) is 4.57 Å². The zero-order valence-electron chi connectivity index (χ0n) is 40.1. The molecule has 0 aliphatic carbocycles. The number of ether oxygens (including phenoxy) is 2. The maximum Gasteiger partial charge on any atom is 0.472 e. The van der Waals surface area contributed by atoms with Gasteiger partial charge in [0.25, 0.3) is 0 Å². The Bertz CT molecular complexity index is 1360. The number of carbonyl (C=O) groups excluding carboxylic acids is 2. The fraction of sp³-hybridized carbons (Fsp3) is 0.712. The number of nitrogens with two attached hydrogens (primary N) is 1. The van der Waals surface area contributed by atoms with Crippen molar-refractivity contribution in [2.24, 2.45) is 5.73 Å². The Kier molecular flexibility index (Phi) is 44.2. The Labute approximate surface area is 389 Å². The maximum atomic E-state index is 12.6. The van der Waals surface area contributed by atoms with Crippen LogP contribution < -0.4 is 5.73 Å². The van der Waals surface area contributed by atoms with E-state index in [1.165, 1.54) is 116 Å². The summed E-state index contributed by atoms with van der Waals surface area (Å²) in [6.07, 6.45) is 56.9. The van der Waals surface area contributed by atoms with Gasteiger partial charge >= 0.3 is 25.7 Å². The van der Waals surface area contributed by atoms with Crippen LogP contribution in [-0.2, 0) is 37.5 Å². The van der Waals surface area contributed by atoms with Crippen LogP contribution in [0.2, 0.25) is 0 Å². The molecule has 0 spiro atoms. The predicted molar refractivity (Wildman–Crippen MR) is 263 cm³/mol. The number of phosphoric ester groups is 1. The van der Waals surface area contributed by atoms with Crippen molar-refractivity contribution in [3.63, 3.8) is 0 Å². The number of carboxylic acid groups (broad SMARTS) is 1. The average molecular weight is 920 g/mol. The highest BCUT2D eigenvalue weighted by molar-refractivity contribution is 7.47. The zero-order valence-corrected chi connectivity index (χ0v) is 41.0. The second kappa shape index (κ2) is 46.4. The molecule has 368 valence electrons. The summed E-state index contributed by atoms with van der Waals surface area (Å²) in [5.74, 6) is -2.49. The van der Waals surface area contributed by atoms with Gasteiger partial charge in [0.15, 0.2) is 6.10 Å². The quantitative estimate of drug-likeness (QED) is 0.0230. The lowest BCUT2D eigenvalue weighted by molar-refractivity contribution is -0.161. The molecule has 11 nitrogen and oxygen atoms in total. The minimum Gasteiger partial charge on any atom is -0.480 e. The van der Waals surface area contributed by atoms with Crippen LogP contribution in [-0.4, -0.2) is 59.9 Å². The van der Waals surface area contributed by atoms with Crippen LogP contribution >= 0.6 is 7.82 Å². The van der Waals surface area contributed by atoms with E-state index in [9.17, 15) is 23.8 Å². The van der Waals surface area contributed by atoms with Crippen molar-refractivity contribution in [1.82, 2.24) is 0 Å². The molecule has 4 N–H and O–H groups in total. The molecule has 0 heterocycles. The van der Waals surface area contributed by atoms with Crippen LogP contribution in [0.1, 0.15) is 206 Å². The molecular formula is C52H90NO10P. The van der Waals surface area contributed by atoms with Crippen molar-refractivity contribution in [2.45, 2.75) is 219 Å². The Morgan fingerprint density at radius 1 is 0.484 bits per heavy atom. The molecule has 0 radical (unpaired) electrons. The van der Waals surface area contributed by atoms with Gasteiger partial charge in [0.2, 0.25) is 0 Å². The Hall–Kier alpha value is -3.08. The largest absolute Gasteiger partial charge is 0.480 e. The lowest BCUT2D eigenvalue weighted by atomic mass is 10.0. The summed E-state index contributed by atoms with van der Waals surface area (Å²) in [6.45, 7) is 2.71. The third kappa shape index (κ3) is 45.5. The van der Waals surface area contributed by atoms with Crippen LogP contribution in [0.3, 0.4) is 0 Å². The molecule has 0 aromatic rings. The maximum absolute atomic E-state index is 12.6. The van der Waals surface area contributed by atoms with Gasteiger partial charge in [-0.1, -0.05) is 189 Å². The first-order valence-electron chi connectivity index (χ1n) is 25.0. The number of allylic oxidation sites excluding steroid dienone is 12. The summed E-state index contributed by atoms with van der Waals surface area (Å²) in [4.78, 5) is 46.1. The van der Waals surface area contributed by atoms with E-state index in [2.05, 4.69) is 79.1 Å². The minimum atomic E-state index is -4.74. The zero-order chi connectivity index (χ0) is 47.0. The Balaban J connectivity index is 4.37. The summed E-state index contributed by atoms with van der Waals surface area (Å²) in [5, 5.41) is 8.91. The van der Waals surface area contributed by atoms with Gasteiger partial charge in [-0.3, -0.25) is 23.4 Å². The molecule has 0 amide bonds. The molecule has 1 unspecified atom stereocenters.